The van der Waals surface area contributed by atoms with Gasteiger partial charge in [0.25, 0.3) is 0 Å². The van der Waals surface area contributed by atoms with Crippen molar-refractivity contribution in [3.05, 3.63) is 83.9 Å². The van der Waals surface area contributed by atoms with Gasteiger partial charge in [0.2, 0.25) is 17.7 Å². The number of nitrogens with one attached hydrogen (secondary N) is 1. The lowest BCUT2D eigenvalue weighted by Crippen LogP contribution is -2.42. The summed E-state index contributed by atoms with van der Waals surface area (Å²) in [5, 5.41) is 3.00. The third-order valence-corrected chi connectivity index (χ3v) is 5.47. The number of likely N-dealkylation sites (tertiary alicyclic amines) is 1. The summed E-state index contributed by atoms with van der Waals surface area (Å²) in [6.07, 6.45) is 5.03. The van der Waals surface area contributed by atoms with E-state index < -0.39 is 0 Å². The van der Waals surface area contributed by atoms with E-state index in [1.807, 2.05) is 72.8 Å². The van der Waals surface area contributed by atoms with Gasteiger partial charge in [-0.3, -0.25) is 19.3 Å². The first-order chi connectivity index (χ1) is 13.6. The van der Waals surface area contributed by atoms with Crippen LogP contribution >= 0.6 is 0 Å². The van der Waals surface area contributed by atoms with Crippen LogP contribution in [0, 0.1) is 11.8 Å². The molecule has 142 valence electrons. The number of rotatable bonds is 5. The molecule has 0 bridgehead atoms. The van der Waals surface area contributed by atoms with Gasteiger partial charge < -0.3 is 5.32 Å². The molecular formula is C23H22N2O3. The van der Waals surface area contributed by atoms with Crippen LogP contribution in [0.1, 0.15) is 30.0 Å². The van der Waals surface area contributed by atoms with Crippen LogP contribution in [0.4, 0.5) is 0 Å². The van der Waals surface area contributed by atoms with E-state index in [1.54, 1.807) is 0 Å². The van der Waals surface area contributed by atoms with Gasteiger partial charge in [0.15, 0.2) is 0 Å². The van der Waals surface area contributed by atoms with Crippen molar-refractivity contribution >= 4 is 17.7 Å². The molecule has 0 radical (unpaired) electrons. The number of hydrogen-bond acceptors (Lipinski definition) is 3. The maximum Gasteiger partial charge on any atom is 0.240 e. The van der Waals surface area contributed by atoms with Gasteiger partial charge in [-0.15, -0.1) is 0 Å². The van der Waals surface area contributed by atoms with Gasteiger partial charge in [-0.2, -0.15) is 0 Å². The summed E-state index contributed by atoms with van der Waals surface area (Å²) in [5.41, 5.74) is 1.89. The molecule has 3 amide bonds. The Morgan fingerprint density at radius 3 is 1.79 bits per heavy atom. The monoisotopic (exact) mass is 374 g/mol. The average molecular weight is 374 g/mol. The normalized spacial score (nSPS) is 21.1. The lowest BCUT2D eigenvalue weighted by Gasteiger charge is -2.22. The van der Waals surface area contributed by atoms with Gasteiger partial charge in [-0.05, 0) is 24.0 Å². The first-order valence-corrected chi connectivity index (χ1v) is 9.54. The van der Waals surface area contributed by atoms with E-state index in [0.717, 1.165) is 16.0 Å². The molecular weight excluding hydrogens is 352 g/mol. The largest absolute Gasteiger partial charge is 0.344 e. The quantitative estimate of drug-likeness (QED) is 0.646. The van der Waals surface area contributed by atoms with Gasteiger partial charge in [0, 0.05) is 0 Å². The third-order valence-electron chi connectivity index (χ3n) is 5.47. The van der Waals surface area contributed by atoms with E-state index in [9.17, 15) is 14.4 Å². The molecule has 0 spiro atoms. The van der Waals surface area contributed by atoms with Crippen molar-refractivity contribution in [1.29, 1.82) is 0 Å². The molecule has 1 aliphatic heterocycles. The fraction of sp³-hybridized carbons (Fsp3) is 0.261. The Morgan fingerprint density at radius 1 is 0.857 bits per heavy atom. The lowest BCUT2D eigenvalue weighted by molar-refractivity contribution is -0.143. The summed E-state index contributed by atoms with van der Waals surface area (Å²) in [6, 6.07) is 19.0. The van der Waals surface area contributed by atoms with E-state index in [2.05, 4.69) is 5.32 Å². The number of allylic oxidation sites excluding steroid dienone is 2. The highest BCUT2D eigenvalue weighted by Gasteiger charge is 2.47. The van der Waals surface area contributed by atoms with Crippen LogP contribution in [0.5, 0.6) is 0 Å². The Labute approximate surface area is 164 Å². The number of carbonyl (C=O) groups is 3. The predicted molar refractivity (Wildman–Crippen MR) is 105 cm³/mol. The number of hydrogen-bond donors (Lipinski definition) is 1. The van der Waals surface area contributed by atoms with Crippen molar-refractivity contribution in [3.63, 3.8) is 0 Å². The summed E-state index contributed by atoms with van der Waals surface area (Å²) < 4.78 is 0. The maximum atomic E-state index is 12.8. The number of fused-ring (bicyclic) bond motifs is 1. The van der Waals surface area contributed by atoms with E-state index >= 15 is 0 Å². The smallest absolute Gasteiger partial charge is 0.240 e. The van der Waals surface area contributed by atoms with E-state index in [1.165, 1.54) is 0 Å². The molecule has 1 N–H and O–H groups in total. The molecule has 1 fully saturated rings. The van der Waals surface area contributed by atoms with Crippen molar-refractivity contribution in [2.24, 2.45) is 11.8 Å². The van der Waals surface area contributed by atoms with E-state index in [0.29, 0.717) is 12.8 Å². The average Bonchev–Trinajstić information content (AvgIpc) is 2.98. The van der Waals surface area contributed by atoms with Crippen LogP contribution in [-0.2, 0) is 14.4 Å². The lowest BCUT2D eigenvalue weighted by atomic mass is 9.85. The first-order valence-electron chi connectivity index (χ1n) is 9.54. The third kappa shape index (κ3) is 3.48. The summed E-state index contributed by atoms with van der Waals surface area (Å²) in [4.78, 5) is 39.1. The number of carbonyl (C=O) groups excluding carboxylic acids is 3. The highest BCUT2D eigenvalue weighted by molar-refractivity contribution is 6.07. The van der Waals surface area contributed by atoms with Crippen LogP contribution in [0.3, 0.4) is 0 Å². The molecule has 1 saturated heterocycles. The zero-order valence-electron chi connectivity index (χ0n) is 15.5. The SMILES string of the molecule is O=C(CN1C(=O)[C@H]2CC=CC[C@@H]2C1=O)NC(c1ccccc1)c1ccccc1. The number of nitrogens with zero attached hydrogens (tertiary/aromatic N) is 1. The molecule has 0 aromatic heterocycles. The highest BCUT2D eigenvalue weighted by Crippen LogP contribution is 2.34. The number of amides is 3. The maximum absolute atomic E-state index is 12.8. The molecule has 5 nitrogen and oxygen atoms in total. The van der Waals surface area contributed by atoms with Crippen LogP contribution in [0.2, 0.25) is 0 Å². The summed E-state index contributed by atoms with van der Waals surface area (Å²) in [5.74, 6) is -1.43. The minimum Gasteiger partial charge on any atom is -0.344 e. The minimum absolute atomic E-state index is 0.231. The van der Waals surface area contributed by atoms with Gasteiger partial charge in [-0.25, -0.2) is 0 Å². The summed E-state index contributed by atoms with van der Waals surface area (Å²) in [7, 11) is 0. The Bertz CT molecular complexity index is 842. The minimum atomic E-state index is -0.342. The van der Waals surface area contributed by atoms with Crippen molar-refractivity contribution < 1.29 is 14.4 Å². The topological polar surface area (TPSA) is 66.5 Å². The van der Waals surface area contributed by atoms with Crippen LogP contribution < -0.4 is 5.32 Å². The molecule has 2 aliphatic rings. The van der Waals surface area contributed by atoms with Crippen molar-refractivity contribution in [2.75, 3.05) is 6.54 Å². The fourth-order valence-corrected chi connectivity index (χ4v) is 4.03. The Morgan fingerprint density at radius 2 is 1.32 bits per heavy atom. The Kier molecular flexibility index (Phi) is 5.06. The molecule has 5 heteroatoms. The van der Waals surface area contributed by atoms with Crippen molar-refractivity contribution in [3.8, 4) is 0 Å². The Balaban J connectivity index is 1.51. The van der Waals surface area contributed by atoms with Crippen LogP contribution in [-0.4, -0.2) is 29.2 Å². The zero-order chi connectivity index (χ0) is 19.5. The van der Waals surface area contributed by atoms with Gasteiger partial charge in [0.1, 0.15) is 6.54 Å². The van der Waals surface area contributed by atoms with Gasteiger partial charge >= 0.3 is 0 Å². The predicted octanol–water partition coefficient (Wildman–Crippen LogP) is 2.84. The molecule has 4 rings (SSSR count). The van der Waals surface area contributed by atoms with Gasteiger partial charge in [-0.1, -0.05) is 72.8 Å². The molecule has 0 saturated carbocycles. The van der Waals surface area contributed by atoms with Crippen LogP contribution in [0.25, 0.3) is 0 Å². The van der Waals surface area contributed by atoms with Crippen molar-refractivity contribution in [2.45, 2.75) is 18.9 Å². The van der Waals surface area contributed by atoms with E-state index in [4.69, 9.17) is 0 Å². The summed E-state index contributed by atoms with van der Waals surface area (Å²) in [6.45, 7) is -0.235. The Hall–Kier alpha value is -3.21. The molecule has 1 heterocycles. The summed E-state index contributed by atoms with van der Waals surface area (Å²) >= 11 is 0. The molecule has 1 aliphatic carbocycles. The molecule has 28 heavy (non-hydrogen) atoms. The van der Waals surface area contributed by atoms with E-state index in [-0.39, 0.29) is 42.1 Å². The first kappa shape index (κ1) is 18.2. The molecule has 2 atom stereocenters. The van der Waals surface area contributed by atoms with Crippen molar-refractivity contribution in [1.82, 2.24) is 10.2 Å². The second-order valence-corrected chi connectivity index (χ2v) is 7.24. The van der Waals surface area contributed by atoms with Gasteiger partial charge in [0.05, 0.1) is 17.9 Å². The number of benzene rings is 2. The molecule has 2 aromatic rings. The molecule has 2 aromatic carbocycles. The zero-order valence-corrected chi connectivity index (χ0v) is 15.5. The second kappa shape index (κ2) is 7.80. The molecule has 0 unspecified atom stereocenters. The number of imide groups is 1. The standard InChI is InChI=1S/C23H22N2O3/c26-20(15-25-22(27)18-13-7-8-14-19(18)23(25)28)24-21(16-9-3-1-4-10-16)17-11-5-2-6-12-17/h1-12,18-19,21H,13-15H2,(H,24,26)/t18-,19-/m0/s1. The fourth-order valence-electron chi connectivity index (χ4n) is 4.03. The highest BCUT2D eigenvalue weighted by atomic mass is 16.2. The second-order valence-electron chi connectivity index (χ2n) is 7.24. The van der Waals surface area contributed by atoms with Crippen LogP contribution in [0.15, 0.2) is 72.8 Å².